The van der Waals surface area contributed by atoms with E-state index >= 15 is 0 Å². The number of hydrogen-bond donors (Lipinski definition) is 8. The van der Waals surface area contributed by atoms with Crippen molar-refractivity contribution in [3.05, 3.63) is 74.6 Å². The monoisotopic (exact) mass is 864 g/mol. The molecule has 2 atom stereocenters. The Morgan fingerprint density at radius 3 is 1.76 bits per heavy atom. The number of benzene rings is 2. The molecule has 1 amide bonds. The molecule has 0 aliphatic heterocycles. The highest BCUT2D eigenvalue weighted by atomic mass is 16.5. The Bertz CT molecular complexity index is 2280. The summed E-state index contributed by atoms with van der Waals surface area (Å²) >= 11 is 0. The molecule has 0 radical (unpaired) electrons. The number of carbonyl (C=O) groups is 3. The molecule has 1 heterocycles. The lowest BCUT2D eigenvalue weighted by molar-refractivity contribution is -0.145. The number of amides is 1. The molecule has 0 aliphatic rings. The minimum atomic E-state index is -1.02. The van der Waals surface area contributed by atoms with Gasteiger partial charge in [0.1, 0.15) is 52.5 Å². The van der Waals surface area contributed by atoms with Crippen molar-refractivity contribution >= 4 is 51.7 Å². The van der Waals surface area contributed by atoms with Gasteiger partial charge in [0, 0.05) is 42.0 Å². The van der Waals surface area contributed by atoms with Gasteiger partial charge in [-0.25, -0.2) is 9.59 Å². The van der Waals surface area contributed by atoms with Crippen LogP contribution < -0.4 is 48.5 Å². The van der Waals surface area contributed by atoms with Crippen molar-refractivity contribution in [3.63, 3.8) is 0 Å². The number of esters is 2. The van der Waals surface area contributed by atoms with Crippen molar-refractivity contribution in [2.24, 2.45) is 32.9 Å². The lowest BCUT2D eigenvalue weighted by atomic mass is 9.95. The van der Waals surface area contributed by atoms with E-state index in [1.54, 1.807) is 0 Å². The summed E-state index contributed by atoms with van der Waals surface area (Å²) in [5.41, 5.74) is 24.0. The van der Waals surface area contributed by atoms with Gasteiger partial charge in [-0.05, 0) is 71.8 Å². The smallest absolute Gasteiger partial charge is 0.328 e. The second-order valence-corrected chi connectivity index (χ2v) is 14.8. The number of rotatable bonds is 24. The average Bonchev–Trinajstić information content (AvgIpc) is 3.21. The first-order valence-corrected chi connectivity index (χ1v) is 19.9. The fourth-order valence-electron chi connectivity index (χ4n) is 6.35. The number of aliphatic imine (C=N–C) groups is 2. The highest BCUT2D eigenvalue weighted by molar-refractivity contribution is 5.97. The van der Waals surface area contributed by atoms with Crippen LogP contribution in [0.5, 0.6) is 17.2 Å². The summed E-state index contributed by atoms with van der Waals surface area (Å²) in [5.74, 6) is -2.22. The molecule has 0 aliphatic carbocycles. The van der Waals surface area contributed by atoms with Gasteiger partial charge in [-0.1, -0.05) is 29.9 Å². The zero-order valence-corrected chi connectivity index (χ0v) is 36.2. The third-order valence-corrected chi connectivity index (χ3v) is 9.40. The summed E-state index contributed by atoms with van der Waals surface area (Å²) in [6, 6.07) is 1.06. The number of ether oxygens (including phenoxy) is 4. The SMILES string of the molecule is C=C(COc1cc2oc3cc(OCC(=O)N[C@@H](CCCN=C(N)N)C(=O)OC)c(CO)c(CC=C(C)C)c3c(=O)c2c(O)c1CC=C(C)C)N[C@@H](CCCN=C(N)N)C(=O)OC. The summed E-state index contributed by atoms with van der Waals surface area (Å²) in [4.78, 5) is 60.5. The molecule has 0 fully saturated rings. The number of methoxy groups -OCH3 is 2. The average molecular weight is 865 g/mol. The van der Waals surface area contributed by atoms with Crippen LogP contribution in [0.2, 0.25) is 0 Å². The van der Waals surface area contributed by atoms with E-state index in [0.29, 0.717) is 42.6 Å². The minimum absolute atomic E-state index is 0.0306. The maximum Gasteiger partial charge on any atom is 0.328 e. The number of nitrogens with one attached hydrogen (secondary N) is 2. The van der Waals surface area contributed by atoms with Crippen molar-refractivity contribution in [2.75, 3.05) is 40.5 Å². The van der Waals surface area contributed by atoms with Crippen molar-refractivity contribution < 1.29 is 48.0 Å². The molecule has 0 saturated heterocycles. The molecule has 3 rings (SSSR count). The number of allylic oxidation sites excluding steroid dienone is 4. The summed E-state index contributed by atoms with van der Waals surface area (Å²) in [5, 5.41) is 28.1. The Morgan fingerprint density at radius 1 is 0.774 bits per heavy atom. The Hall–Kier alpha value is -6.76. The van der Waals surface area contributed by atoms with Gasteiger partial charge in [0.2, 0.25) is 5.43 Å². The first-order chi connectivity index (χ1) is 29.4. The number of nitrogens with zero attached hydrogens (tertiary/aromatic N) is 2. The predicted molar refractivity (Wildman–Crippen MR) is 237 cm³/mol. The Morgan fingerprint density at radius 2 is 1.26 bits per heavy atom. The quantitative estimate of drug-likeness (QED) is 0.0160. The van der Waals surface area contributed by atoms with Gasteiger partial charge >= 0.3 is 11.9 Å². The van der Waals surface area contributed by atoms with E-state index in [1.807, 2.05) is 39.8 Å². The van der Waals surface area contributed by atoms with Crippen molar-refractivity contribution in [3.8, 4) is 17.2 Å². The van der Waals surface area contributed by atoms with Gasteiger partial charge in [0.05, 0.1) is 26.2 Å². The maximum absolute atomic E-state index is 14.6. The maximum atomic E-state index is 14.6. The molecule has 62 heavy (non-hydrogen) atoms. The predicted octanol–water partition coefficient (Wildman–Crippen LogP) is 2.33. The van der Waals surface area contributed by atoms with Crippen LogP contribution in [0.15, 0.2) is 66.9 Å². The molecule has 19 heteroatoms. The number of carbonyl (C=O) groups excluding carboxylic acids is 3. The highest BCUT2D eigenvalue weighted by Crippen LogP contribution is 2.39. The Labute approximate surface area is 359 Å². The number of aliphatic hydroxyl groups excluding tert-OH is 1. The zero-order valence-electron chi connectivity index (χ0n) is 36.2. The minimum Gasteiger partial charge on any atom is -0.507 e. The first kappa shape index (κ1) is 49.6. The number of fused-ring (bicyclic) bond motifs is 2. The van der Waals surface area contributed by atoms with E-state index in [1.165, 1.54) is 26.4 Å². The number of aromatic hydroxyl groups is 1. The van der Waals surface area contributed by atoms with Crippen LogP contribution in [-0.2, 0) is 43.3 Å². The second-order valence-electron chi connectivity index (χ2n) is 14.8. The number of aliphatic hydroxyl groups is 1. The molecule has 2 aromatic carbocycles. The largest absolute Gasteiger partial charge is 0.507 e. The molecule has 338 valence electrons. The van der Waals surface area contributed by atoms with Gasteiger partial charge in [0.25, 0.3) is 5.91 Å². The normalized spacial score (nSPS) is 11.7. The van der Waals surface area contributed by atoms with Gasteiger partial charge in [-0.3, -0.25) is 19.6 Å². The second kappa shape index (κ2) is 23.9. The summed E-state index contributed by atoms with van der Waals surface area (Å²) in [6.45, 7) is 10.7. The summed E-state index contributed by atoms with van der Waals surface area (Å²) in [7, 11) is 2.46. The van der Waals surface area contributed by atoms with Gasteiger partial charge < -0.3 is 67.1 Å². The third-order valence-electron chi connectivity index (χ3n) is 9.40. The molecule has 0 saturated carbocycles. The standard InChI is InChI=1S/C43H60N8O11/c1-23(2)12-14-26-28(20-52)32(61-22-35(53)51-30(41(57)59-7)11-9-17-49-43(46)47)19-33-36(26)39(55)37-34(62-33)18-31(27(38(37)54)15-13-24(3)4)60-21-25(5)50-29(40(56)58-6)10-8-16-48-42(44)45/h12-13,18-19,29-30,50,52,54H,5,8-11,14-17,20-22H2,1-4,6-7H3,(H,51,53)(H4,44,45,48)(H4,46,47,49)/t29-,30-/m0/s1. The van der Waals surface area contributed by atoms with Crippen LogP contribution in [0, 0.1) is 0 Å². The van der Waals surface area contributed by atoms with Crippen LogP contribution in [0.3, 0.4) is 0 Å². The topological polar surface area (TPSA) is 312 Å². The van der Waals surface area contributed by atoms with Crippen LogP contribution in [0.1, 0.15) is 70.1 Å². The number of hydrogen-bond acceptors (Lipinski definition) is 14. The molecule has 12 N–H and O–H groups in total. The highest BCUT2D eigenvalue weighted by Gasteiger charge is 2.26. The fraction of sp³-hybridized carbons (Fsp3) is 0.442. The van der Waals surface area contributed by atoms with Gasteiger partial charge in [-0.15, -0.1) is 0 Å². The van der Waals surface area contributed by atoms with E-state index in [0.717, 1.165) is 11.1 Å². The van der Waals surface area contributed by atoms with Crippen LogP contribution in [0.4, 0.5) is 0 Å². The van der Waals surface area contributed by atoms with E-state index in [9.17, 15) is 29.4 Å². The first-order valence-electron chi connectivity index (χ1n) is 19.9. The Kier molecular flexibility index (Phi) is 19.1. The number of nitrogens with two attached hydrogens (primary N) is 4. The molecule has 0 bridgehead atoms. The van der Waals surface area contributed by atoms with Gasteiger partial charge in [-0.2, -0.15) is 0 Å². The van der Waals surface area contributed by atoms with E-state index in [4.69, 9.17) is 46.3 Å². The lowest BCUT2D eigenvalue weighted by Gasteiger charge is -2.20. The van der Waals surface area contributed by atoms with E-state index in [-0.39, 0.29) is 89.1 Å². The van der Waals surface area contributed by atoms with Crippen molar-refractivity contribution in [1.29, 1.82) is 0 Å². The molecular weight excluding hydrogens is 805 g/mol. The number of phenols is 1. The van der Waals surface area contributed by atoms with Gasteiger partial charge in [0.15, 0.2) is 18.5 Å². The molecule has 0 unspecified atom stereocenters. The van der Waals surface area contributed by atoms with Crippen LogP contribution in [0.25, 0.3) is 21.9 Å². The van der Waals surface area contributed by atoms with E-state index < -0.39 is 48.6 Å². The van der Waals surface area contributed by atoms with Crippen LogP contribution >= 0.6 is 0 Å². The summed E-state index contributed by atoms with van der Waals surface area (Å²) < 4.78 is 28.3. The molecule has 0 spiro atoms. The Balaban J connectivity index is 2.10. The number of phenolic OH excluding ortho intramolecular Hbond substituents is 1. The molecule has 1 aromatic heterocycles. The van der Waals surface area contributed by atoms with E-state index in [2.05, 4.69) is 27.2 Å². The van der Waals surface area contributed by atoms with Crippen molar-refractivity contribution in [2.45, 2.75) is 84.9 Å². The summed E-state index contributed by atoms with van der Waals surface area (Å²) in [6.07, 6.45) is 5.38. The fourth-order valence-corrected chi connectivity index (χ4v) is 6.35. The zero-order chi connectivity index (χ0) is 46.1. The van der Waals surface area contributed by atoms with Crippen molar-refractivity contribution in [1.82, 2.24) is 10.6 Å². The lowest BCUT2D eigenvalue weighted by Crippen LogP contribution is -2.43. The molecule has 19 nitrogen and oxygen atoms in total. The van der Waals surface area contributed by atoms with Crippen LogP contribution in [-0.4, -0.2) is 92.6 Å². The third kappa shape index (κ3) is 14.2. The molecular formula is C43H60N8O11. The molecule has 3 aromatic rings. The number of guanidine groups is 2.